The summed E-state index contributed by atoms with van der Waals surface area (Å²) in [5, 5.41) is 7.75. The fraction of sp³-hybridized carbons (Fsp3) is 0.192. The van der Waals surface area contributed by atoms with Crippen molar-refractivity contribution >= 4 is 78.8 Å². The number of ether oxygens (including phenoxy) is 2. The number of nitrogens with one attached hydrogen (secondary N) is 2. The van der Waals surface area contributed by atoms with Crippen LogP contribution in [-0.2, 0) is 16.2 Å². The van der Waals surface area contributed by atoms with Gasteiger partial charge in [0.2, 0.25) is 5.91 Å². The largest absolute Gasteiger partial charge is 0.490 e. The number of rotatable bonds is 10. The fourth-order valence-electron chi connectivity index (χ4n) is 3.04. The van der Waals surface area contributed by atoms with Crippen molar-refractivity contribution in [2.24, 2.45) is 11.0 Å². The molecule has 0 spiro atoms. The lowest BCUT2D eigenvalue weighted by atomic mass is 10.1. The molecule has 194 valence electrons. The number of hydrogen-bond acceptors (Lipinski definition) is 5. The van der Waals surface area contributed by atoms with Crippen LogP contribution in [0.2, 0.25) is 10.0 Å². The normalized spacial score (nSPS) is 11.7. The molecule has 0 fully saturated rings. The molecule has 2 N–H and O–H groups in total. The maximum atomic E-state index is 12.4. The molecular formula is C26H23Br2Cl2N3O4. The summed E-state index contributed by atoms with van der Waals surface area (Å²) >= 11 is 19.1. The Hall–Kier alpha value is -2.59. The molecule has 0 heterocycles. The predicted octanol–water partition coefficient (Wildman–Crippen LogP) is 7.22. The zero-order valence-electron chi connectivity index (χ0n) is 19.9. The van der Waals surface area contributed by atoms with Gasteiger partial charge in [-0.15, -0.1) is 0 Å². The van der Waals surface area contributed by atoms with E-state index in [0.29, 0.717) is 48.3 Å². The Morgan fingerprint density at radius 2 is 1.78 bits per heavy atom. The highest BCUT2D eigenvalue weighted by molar-refractivity contribution is 9.11. The number of benzene rings is 3. The molecule has 0 aliphatic heterocycles. The maximum Gasteiger partial charge on any atom is 0.252 e. The van der Waals surface area contributed by atoms with E-state index in [1.54, 1.807) is 48.5 Å². The fourth-order valence-corrected chi connectivity index (χ4v) is 4.47. The molecule has 0 saturated carbocycles. The van der Waals surface area contributed by atoms with Crippen LogP contribution in [0, 0.1) is 5.92 Å². The molecule has 1 unspecified atom stereocenters. The molecule has 7 nitrogen and oxygen atoms in total. The van der Waals surface area contributed by atoms with Gasteiger partial charge in [-0.1, -0.05) is 41.4 Å². The van der Waals surface area contributed by atoms with Crippen molar-refractivity contribution in [2.45, 2.75) is 20.5 Å². The Labute approximate surface area is 241 Å². The molecule has 0 aromatic heterocycles. The van der Waals surface area contributed by atoms with Crippen LogP contribution in [0.3, 0.4) is 0 Å². The predicted molar refractivity (Wildman–Crippen MR) is 154 cm³/mol. The highest BCUT2D eigenvalue weighted by Crippen LogP contribution is 2.37. The Bertz CT molecular complexity index is 1320. The van der Waals surface area contributed by atoms with Gasteiger partial charge in [-0.2, -0.15) is 5.10 Å². The van der Waals surface area contributed by atoms with Crippen molar-refractivity contribution in [3.8, 4) is 11.5 Å². The second-order valence-electron chi connectivity index (χ2n) is 7.71. The summed E-state index contributed by atoms with van der Waals surface area (Å²) in [6.45, 7) is 3.97. The standard InChI is InChI=1S/C26H23Br2Cl2N3O4/c1-3-36-23-11-16(10-20(28)24(23)37-14-17-8-9-18(29)12-21(17)30)13-31-33-26(35)15(2)25(34)32-22-7-5-4-6-19(22)27/h4-13,15H,3,14H2,1-2H3,(H,32,34)(H,33,35). The number of para-hydroxylation sites is 1. The van der Waals surface area contributed by atoms with Crippen molar-refractivity contribution in [2.75, 3.05) is 11.9 Å². The molecule has 0 aliphatic rings. The smallest absolute Gasteiger partial charge is 0.252 e. The molecule has 2 amide bonds. The number of carbonyl (C=O) groups excluding carboxylic acids is 2. The van der Waals surface area contributed by atoms with Crippen LogP contribution in [-0.4, -0.2) is 24.6 Å². The van der Waals surface area contributed by atoms with Gasteiger partial charge in [0.05, 0.1) is 23.0 Å². The lowest BCUT2D eigenvalue weighted by molar-refractivity contribution is -0.131. The first kappa shape index (κ1) is 29.0. The van der Waals surface area contributed by atoms with E-state index in [1.165, 1.54) is 13.1 Å². The van der Waals surface area contributed by atoms with Gasteiger partial charge >= 0.3 is 0 Å². The molecule has 3 aromatic carbocycles. The van der Waals surface area contributed by atoms with Crippen LogP contribution in [0.25, 0.3) is 0 Å². The van der Waals surface area contributed by atoms with Crippen molar-refractivity contribution in [3.05, 3.63) is 84.7 Å². The second kappa shape index (κ2) is 13.8. The number of halogens is 4. The van der Waals surface area contributed by atoms with Gasteiger partial charge < -0.3 is 14.8 Å². The second-order valence-corrected chi connectivity index (χ2v) is 10.3. The number of amides is 2. The average molecular weight is 672 g/mol. The van der Waals surface area contributed by atoms with Crippen LogP contribution in [0.1, 0.15) is 25.0 Å². The third-order valence-corrected chi connectivity index (χ3v) is 6.89. The first-order valence-electron chi connectivity index (χ1n) is 11.1. The summed E-state index contributed by atoms with van der Waals surface area (Å²) in [6.07, 6.45) is 1.45. The molecule has 11 heteroatoms. The van der Waals surface area contributed by atoms with Gasteiger partial charge in [-0.3, -0.25) is 9.59 Å². The lowest BCUT2D eigenvalue weighted by Crippen LogP contribution is -2.34. The number of hydrogen-bond donors (Lipinski definition) is 2. The Balaban J connectivity index is 1.65. The summed E-state index contributed by atoms with van der Waals surface area (Å²) in [5.41, 5.74) is 4.38. The molecular weight excluding hydrogens is 649 g/mol. The van der Waals surface area contributed by atoms with Gasteiger partial charge in [-0.05, 0) is 87.7 Å². The van der Waals surface area contributed by atoms with Gasteiger partial charge in [0.25, 0.3) is 5.91 Å². The summed E-state index contributed by atoms with van der Waals surface area (Å²) in [5.74, 6) is -0.999. The van der Waals surface area contributed by atoms with E-state index in [0.717, 1.165) is 5.56 Å². The molecule has 0 saturated heterocycles. The van der Waals surface area contributed by atoms with E-state index in [1.807, 2.05) is 13.0 Å². The zero-order chi connectivity index (χ0) is 26.9. The minimum absolute atomic E-state index is 0.206. The topological polar surface area (TPSA) is 89.0 Å². The quantitative estimate of drug-likeness (QED) is 0.135. The summed E-state index contributed by atoms with van der Waals surface area (Å²) in [7, 11) is 0. The van der Waals surface area contributed by atoms with Gasteiger partial charge in [0, 0.05) is 20.1 Å². The molecule has 0 aliphatic carbocycles. The van der Waals surface area contributed by atoms with Crippen molar-refractivity contribution in [1.82, 2.24) is 5.43 Å². The SMILES string of the molecule is CCOc1cc(C=NNC(=O)C(C)C(=O)Nc2ccccc2Br)cc(Br)c1OCc1ccc(Cl)cc1Cl. The van der Waals surface area contributed by atoms with Gasteiger partial charge in [0.15, 0.2) is 11.5 Å². The van der Waals surface area contributed by atoms with Crippen molar-refractivity contribution in [1.29, 1.82) is 0 Å². The molecule has 0 bridgehead atoms. The van der Waals surface area contributed by atoms with E-state index in [4.69, 9.17) is 32.7 Å². The number of anilines is 1. The number of hydrazone groups is 1. The highest BCUT2D eigenvalue weighted by atomic mass is 79.9. The van der Waals surface area contributed by atoms with Gasteiger partial charge in [0.1, 0.15) is 12.5 Å². The lowest BCUT2D eigenvalue weighted by Gasteiger charge is -2.15. The zero-order valence-corrected chi connectivity index (χ0v) is 24.5. The molecule has 0 radical (unpaired) electrons. The van der Waals surface area contributed by atoms with Crippen LogP contribution in [0.15, 0.2) is 68.6 Å². The molecule has 1 atom stereocenters. The average Bonchev–Trinajstić information content (AvgIpc) is 2.85. The van der Waals surface area contributed by atoms with Gasteiger partial charge in [-0.25, -0.2) is 5.43 Å². The van der Waals surface area contributed by atoms with E-state index >= 15 is 0 Å². The van der Waals surface area contributed by atoms with Crippen LogP contribution in [0.5, 0.6) is 11.5 Å². The van der Waals surface area contributed by atoms with Crippen LogP contribution < -0.4 is 20.2 Å². The minimum Gasteiger partial charge on any atom is -0.490 e. The van der Waals surface area contributed by atoms with E-state index in [-0.39, 0.29) is 6.61 Å². The molecule has 3 aromatic rings. The number of nitrogens with zero attached hydrogens (tertiary/aromatic N) is 1. The highest BCUT2D eigenvalue weighted by Gasteiger charge is 2.22. The minimum atomic E-state index is -0.967. The molecule has 3 rings (SSSR count). The van der Waals surface area contributed by atoms with Crippen LogP contribution >= 0.6 is 55.1 Å². The summed E-state index contributed by atoms with van der Waals surface area (Å²) < 4.78 is 13.1. The summed E-state index contributed by atoms with van der Waals surface area (Å²) in [6, 6.07) is 15.8. The van der Waals surface area contributed by atoms with E-state index in [2.05, 4.69) is 47.7 Å². The van der Waals surface area contributed by atoms with Crippen LogP contribution in [0.4, 0.5) is 5.69 Å². The Morgan fingerprint density at radius 1 is 1.03 bits per heavy atom. The molecule has 37 heavy (non-hydrogen) atoms. The van der Waals surface area contributed by atoms with Crippen molar-refractivity contribution in [3.63, 3.8) is 0 Å². The maximum absolute atomic E-state index is 12.4. The van der Waals surface area contributed by atoms with E-state index < -0.39 is 17.7 Å². The summed E-state index contributed by atoms with van der Waals surface area (Å²) in [4.78, 5) is 24.9. The Morgan fingerprint density at radius 3 is 2.49 bits per heavy atom. The third-order valence-electron chi connectivity index (χ3n) is 5.03. The third kappa shape index (κ3) is 8.20. The van der Waals surface area contributed by atoms with E-state index in [9.17, 15) is 9.59 Å². The van der Waals surface area contributed by atoms with Crippen molar-refractivity contribution < 1.29 is 19.1 Å². The first-order chi connectivity index (χ1) is 17.7. The first-order valence-corrected chi connectivity index (χ1v) is 13.4. The Kier molecular flexibility index (Phi) is 10.8. The monoisotopic (exact) mass is 669 g/mol. The number of carbonyl (C=O) groups is 2.